The molecule has 0 N–H and O–H groups in total. The monoisotopic (exact) mass is 334 g/mol. The number of halogens is 1. The SMILES string of the molecule is COc1cc(C=O)cc(Cl)c1OCCOc1cccc(C)c1C. The van der Waals surface area contributed by atoms with Crippen molar-refractivity contribution in [1.29, 1.82) is 0 Å². The van der Waals surface area contributed by atoms with Gasteiger partial charge in [-0.3, -0.25) is 4.79 Å². The lowest BCUT2D eigenvalue weighted by atomic mass is 10.1. The Kier molecular flexibility index (Phi) is 5.88. The summed E-state index contributed by atoms with van der Waals surface area (Å²) in [5, 5.41) is 0.332. The van der Waals surface area contributed by atoms with E-state index in [4.69, 9.17) is 25.8 Å². The number of carbonyl (C=O) groups excluding carboxylic acids is 1. The lowest BCUT2D eigenvalue weighted by Gasteiger charge is -2.14. The predicted octanol–water partition coefficient (Wildman–Crippen LogP) is 4.24. The van der Waals surface area contributed by atoms with Crippen LogP contribution in [0.1, 0.15) is 21.5 Å². The third-order valence-electron chi connectivity index (χ3n) is 3.53. The van der Waals surface area contributed by atoms with Gasteiger partial charge in [0.05, 0.1) is 12.1 Å². The van der Waals surface area contributed by atoms with Crippen LogP contribution in [0.3, 0.4) is 0 Å². The smallest absolute Gasteiger partial charge is 0.179 e. The zero-order valence-corrected chi connectivity index (χ0v) is 14.1. The quantitative estimate of drug-likeness (QED) is 0.561. The number of benzene rings is 2. The molecule has 0 aliphatic heterocycles. The predicted molar refractivity (Wildman–Crippen MR) is 90.3 cm³/mol. The molecule has 0 amide bonds. The van der Waals surface area contributed by atoms with Gasteiger partial charge in [-0.2, -0.15) is 0 Å². The molecule has 0 heterocycles. The molecule has 2 aromatic rings. The first-order valence-electron chi connectivity index (χ1n) is 7.21. The molecule has 0 bridgehead atoms. The number of methoxy groups -OCH3 is 1. The minimum Gasteiger partial charge on any atom is -0.493 e. The van der Waals surface area contributed by atoms with Crippen molar-refractivity contribution in [1.82, 2.24) is 0 Å². The highest BCUT2D eigenvalue weighted by Crippen LogP contribution is 2.36. The fourth-order valence-corrected chi connectivity index (χ4v) is 2.40. The molecule has 0 aliphatic carbocycles. The van der Waals surface area contributed by atoms with Crippen LogP contribution in [0.5, 0.6) is 17.2 Å². The molecule has 0 atom stereocenters. The van der Waals surface area contributed by atoms with Crippen LogP contribution in [0.25, 0.3) is 0 Å². The lowest BCUT2D eigenvalue weighted by molar-refractivity contribution is 0.112. The van der Waals surface area contributed by atoms with E-state index in [0.29, 0.717) is 41.6 Å². The molecule has 2 rings (SSSR count). The molecular weight excluding hydrogens is 316 g/mol. The van der Waals surface area contributed by atoms with E-state index < -0.39 is 0 Å². The maximum atomic E-state index is 10.8. The summed E-state index contributed by atoms with van der Waals surface area (Å²) in [6, 6.07) is 9.04. The maximum Gasteiger partial charge on any atom is 0.179 e. The van der Waals surface area contributed by atoms with E-state index in [0.717, 1.165) is 11.3 Å². The molecule has 0 aromatic heterocycles. The Morgan fingerprint density at radius 1 is 1.09 bits per heavy atom. The Labute approximate surface area is 140 Å². The van der Waals surface area contributed by atoms with Gasteiger partial charge in [-0.25, -0.2) is 0 Å². The average molecular weight is 335 g/mol. The molecule has 0 saturated carbocycles. The van der Waals surface area contributed by atoms with Crippen molar-refractivity contribution < 1.29 is 19.0 Å². The number of rotatable bonds is 7. The second-order valence-corrected chi connectivity index (χ2v) is 5.45. The van der Waals surface area contributed by atoms with Gasteiger partial charge in [0, 0.05) is 5.56 Å². The van der Waals surface area contributed by atoms with E-state index in [-0.39, 0.29) is 0 Å². The van der Waals surface area contributed by atoms with Gasteiger partial charge in [0.15, 0.2) is 11.5 Å². The topological polar surface area (TPSA) is 44.8 Å². The summed E-state index contributed by atoms with van der Waals surface area (Å²) in [4.78, 5) is 10.8. The fraction of sp³-hybridized carbons (Fsp3) is 0.278. The van der Waals surface area contributed by atoms with Crippen molar-refractivity contribution in [3.63, 3.8) is 0 Å². The molecule has 0 spiro atoms. The number of carbonyl (C=O) groups is 1. The second kappa shape index (κ2) is 7.88. The molecule has 0 unspecified atom stereocenters. The number of aryl methyl sites for hydroxylation is 1. The summed E-state index contributed by atoms with van der Waals surface area (Å²) in [6.45, 7) is 4.74. The fourth-order valence-electron chi connectivity index (χ4n) is 2.12. The summed E-state index contributed by atoms with van der Waals surface area (Å²) in [5.74, 6) is 1.67. The summed E-state index contributed by atoms with van der Waals surface area (Å²) in [7, 11) is 1.50. The minimum atomic E-state index is 0.309. The molecule has 5 heteroatoms. The van der Waals surface area contributed by atoms with Gasteiger partial charge >= 0.3 is 0 Å². The first kappa shape index (κ1) is 17.2. The molecule has 0 saturated heterocycles. The van der Waals surface area contributed by atoms with Crippen LogP contribution in [0.2, 0.25) is 5.02 Å². The van der Waals surface area contributed by atoms with Crippen molar-refractivity contribution in [2.75, 3.05) is 20.3 Å². The van der Waals surface area contributed by atoms with Crippen LogP contribution >= 0.6 is 11.6 Å². The Balaban J connectivity index is 1.99. The normalized spacial score (nSPS) is 10.3. The molecule has 122 valence electrons. The van der Waals surface area contributed by atoms with Crippen molar-refractivity contribution in [2.24, 2.45) is 0 Å². The first-order chi connectivity index (χ1) is 11.1. The third-order valence-corrected chi connectivity index (χ3v) is 3.81. The highest BCUT2D eigenvalue weighted by Gasteiger charge is 2.12. The zero-order chi connectivity index (χ0) is 16.8. The van der Waals surface area contributed by atoms with E-state index in [1.807, 2.05) is 32.0 Å². The second-order valence-electron chi connectivity index (χ2n) is 5.05. The number of aldehydes is 1. The van der Waals surface area contributed by atoms with Crippen LogP contribution in [-0.2, 0) is 0 Å². The highest BCUT2D eigenvalue weighted by molar-refractivity contribution is 6.32. The van der Waals surface area contributed by atoms with E-state index in [9.17, 15) is 4.79 Å². The molecule has 0 fully saturated rings. The maximum absolute atomic E-state index is 10.8. The standard InChI is InChI=1S/C18H19ClO4/c1-12-5-4-6-16(13(12)2)22-7-8-23-18-15(19)9-14(11-20)10-17(18)21-3/h4-6,9-11H,7-8H2,1-3H3. The highest BCUT2D eigenvalue weighted by atomic mass is 35.5. The molecule has 4 nitrogen and oxygen atoms in total. The summed E-state index contributed by atoms with van der Waals surface area (Å²) in [5.41, 5.74) is 2.72. The molecule has 23 heavy (non-hydrogen) atoms. The Morgan fingerprint density at radius 3 is 2.52 bits per heavy atom. The molecule has 0 radical (unpaired) electrons. The largest absolute Gasteiger partial charge is 0.493 e. The van der Waals surface area contributed by atoms with E-state index in [1.54, 1.807) is 6.07 Å². The number of hydrogen-bond acceptors (Lipinski definition) is 4. The van der Waals surface area contributed by atoms with Gasteiger partial charge in [0.2, 0.25) is 0 Å². The van der Waals surface area contributed by atoms with E-state index in [2.05, 4.69) is 0 Å². The van der Waals surface area contributed by atoms with Crippen molar-refractivity contribution >= 4 is 17.9 Å². The van der Waals surface area contributed by atoms with Gasteiger partial charge in [-0.1, -0.05) is 23.7 Å². The van der Waals surface area contributed by atoms with Crippen molar-refractivity contribution in [3.05, 3.63) is 52.0 Å². The van der Waals surface area contributed by atoms with Crippen LogP contribution < -0.4 is 14.2 Å². The summed E-state index contributed by atoms with van der Waals surface area (Å²) in [6.07, 6.45) is 0.710. The van der Waals surface area contributed by atoms with Crippen molar-refractivity contribution in [3.8, 4) is 17.2 Å². The van der Waals surface area contributed by atoms with Gasteiger partial charge in [0.25, 0.3) is 0 Å². The number of hydrogen-bond donors (Lipinski definition) is 0. The third kappa shape index (κ3) is 4.17. The van der Waals surface area contributed by atoms with E-state index in [1.165, 1.54) is 18.7 Å². The van der Waals surface area contributed by atoms with E-state index >= 15 is 0 Å². The average Bonchev–Trinajstić information content (AvgIpc) is 2.55. The number of ether oxygens (including phenoxy) is 3. The molecule has 0 aliphatic rings. The molecular formula is C18H19ClO4. The van der Waals surface area contributed by atoms with Gasteiger partial charge < -0.3 is 14.2 Å². The van der Waals surface area contributed by atoms with Crippen molar-refractivity contribution in [2.45, 2.75) is 13.8 Å². The van der Waals surface area contributed by atoms with Gasteiger partial charge in [-0.05, 0) is 43.2 Å². The van der Waals surface area contributed by atoms with Gasteiger partial charge in [-0.15, -0.1) is 0 Å². The lowest BCUT2D eigenvalue weighted by Crippen LogP contribution is -2.10. The Morgan fingerprint density at radius 2 is 1.83 bits per heavy atom. The zero-order valence-electron chi connectivity index (χ0n) is 13.4. The first-order valence-corrected chi connectivity index (χ1v) is 7.59. The minimum absolute atomic E-state index is 0.309. The summed E-state index contributed by atoms with van der Waals surface area (Å²) >= 11 is 6.13. The van der Waals surface area contributed by atoms with Crippen LogP contribution in [0.4, 0.5) is 0 Å². The Bertz CT molecular complexity index is 698. The van der Waals surface area contributed by atoms with Crippen LogP contribution in [0, 0.1) is 13.8 Å². The Hall–Kier alpha value is -2.20. The van der Waals surface area contributed by atoms with Gasteiger partial charge in [0.1, 0.15) is 25.2 Å². The molecule has 2 aromatic carbocycles. The summed E-state index contributed by atoms with van der Waals surface area (Å²) < 4.78 is 16.6. The van der Waals surface area contributed by atoms with Crippen LogP contribution in [0.15, 0.2) is 30.3 Å². The van der Waals surface area contributed by atoms with Crippen LogP contribution in [-0.4, -0.2) is 26.6 Å².